The van der Waals surface area contributed by atoms with Crippen LogP contribution >= 0.6 is 11.3 Å². The highest BCUT2D eigenvalue weighted by molar-refractivity contribution is 7.10. The van der Waals surface area contributed by atoms with Gasteiger partial charge in [-0.2, -0.15) is 0 Å². The van der Waals surface area contributed by atoms with Crippen molar-refractivity contribution in [3.05, 3.63) is 57.8 Å². The number of aryl methyl sites for hydroxylation is 1. The summed E-state index contributed by atoms with van der Waals surface area (Å²) < 4.78 is 0. The van der Waals surface area contributed by atoms with E-state index in [0.29, 0.717) is 0 Å². The van der Waals surface area contributed by atoms with Crippen LogP contribution in [0.3, 0.4) is 0 Å². The molecular weight excluding hydrogens is 292 g/mol. The normalized spacial score (nSPS) is 13.6. The Balaban J connectivity index is 2.23. The van der Waals surface area contributed by atoms with E-state index in [1.807, 2.05) is 6.92 Å². The molecule has 1 aromatic heterocycles. The molecule has 4 heteroatoms. The first-order valence-corrected chi connectivity index (χ1v) is 8.72. The maximum absolute atomic E-state index is 11.8. The summed E-state index contributed by atoms with van der Waals surface area (Å²) in [6.07, 6.45) is 2.27. The van der Waals surface area contributed by atoms with Crippen LogP contribution in [0.1, 0.15) is 42.3 Å². The van der Waals surface area contributed by atoms with Crippen molar-refractivity contribution >= 4 is 17.2 Å². The molecule has 0 radical (unpaired) electrons. The van der Waals surface area contributed by atoms with Crippen LogP contribution in [0.5, 0.6) is 0 Å². The molecule has 1 heterocycles. The molecule has 0 bridgehead atoms. The zero-order valence-electron chi connectivity index (χ0n) is 13.5. The molecule has 2 aromatic rings. The van der Waals surface area contributed by atoms with Crippen LogP contribution < -0.4 is 10.6 Å². The number of quaternary nitrogens is 1. The van der Waals surface area contributed by atoms with Crippen LogP contribution in [0.2, 0.25) is 0 Å². The summed E-state index contributed by atoms with van der Waals surface area (Å²) in [5.41, 5.74) is 2.62. The third-order valence-corrected chi connectivity index (χ3v) is 4.82. The van der Waals surface area contributed by atoms with Crippen molar-refractivity contribution in [3.8, 4) is 0 Å². The molecular formula is C18H25N2OS+. The number of carbonyl (C=O) groups excluding carboxylic acids is 1. The number of hydrogen-bond acceptors (Lipinski definition) is 2. The highest BCUT2D eigenvalue weighted by Crippen LogP contribution is 2.23. The quantitative estimate of drug-likeness (QED) is 0.810. The van der Waals surface area contributed by atoms with Gasteiger partial charge in [-0.25, -0.2) is 0 Å². The Morgan fingerprint density at radius 2 is 2.00 bits per heavy atom. The van der Waals surface area contributed by atoms with Crippen molar-refractivity contribution in [2.24, 2.45) is 0 Å². The molecule has 1 amide bonds. The first kappa shape index (κ1) is 16.7. The number of amides is 1. The Morgan fingerprint density at radius 3 is 2.55 bits per heavy atom. The summed E-state index contributed by atoms with van der Waals surface area (Å²) in [6.45, 7) is 4.14. The Morgan fingerprint density at radius 1 is 1.27 bits per heavy atom. The summed E-state index contributed by atoms with van der Waals surface area (Å²) in [7, 11) is 1.69. The van der Waals surface area contributed by atoms with Crippen LogP contribution in [0.15, 0.2) is 41.8 Å². The molecule has 0 saturated heterocycles. The van der Waals surface area contributed by atoms with E-state index in [0.717, 1.165) is 12.8 Å². The average Bonchev–Trinajstić information content (AvgIpc) is 3.07. The second-order valence-corrected chi connectivity index (χ2v) is 6.56. The molecule has 0 aliphatic heterocycles. The van der Waals surface area contributed by atoms with Crippen LogP contribution in [-0.4, -0.2) is 19.0 Å². The van der Waals surface area contributed by atoms with Gasteiger partial charge < -0.3 is 10.6 Å². The molecule has 0 spiro atoms. The minimum atomic E-state index is -0.118. The first-order valence-electron chi connectivity index (χ1n) is 7.84. The summed E-state index contributed by atoms with van der Waals surface area (Å²) >= 11 is 1.74. The second kappa shape index (κ2) is 8.11. The maximum Gasteiger partial charge on any atom is 0.277 e. The molecule has 2 atom stereocenters. The van der Waals surface area contributed by atoms with E-state index in [4.69, 9.17) is 0 Å². The van der Waals surface area contributed by atoms with Gasteiger partial charge in [0.1, 0.15) is 6.04 Å². The lowest BCUT2D eigenvalue weighted by Crippen LogP contribution is -2.92. The van der Waals surface area contributed by atoms with E-state index in [9.17, 15) is 4.79 Å². The van der Waals surface area contributed by atoms with Crippen LogP contribution in [0.4, 0.5) is 0 Å². The largest absolute Gasteiger partial charge is 0.354 e. The zero-order valence-corrected chi connectivity index (χ0v) is 14.3. The van der Waals surface area contributed by atoms with Crippen molar-refractivity contribution in [3.63, 3.8) is 0 Å². The Bertz CT molecular complexity index is 578. The van der Waals surface area contributed by atoms with Crippen molar-refractivity contribution in [1.29, 1.82) is 0 Å². The van der Waals surface area contributed by atoms with Crippen LogP contribution in [0, 0.1) is 0 Å². The number of hydrogen-bond donors (Lipinski definition) is 2. The Hall–Kier alpha value is -1.65. The van der Waals surface area contributed by atoms with Gasteiger partial charge in [0, 0.05) is 12.6 Å². The van der Waals surface area contributed by atoms with Crippen molar-refractivity contribution in [1.82, 2.24) is 5.32 Å². The molecule has 0 unspecified atom stereocenters. The molecule has 3 N–H and O–H groups in total. The number of nitrogens with one attached hydrogen (secondary N) is 1. The average molecular weight is 317 g/mol. The molecule has 0 fully saturated rings. The molecule has 2 rings (SSSR count). The standard InChI is InChI=1S/C18H24N2OS/c1-4-6-14-8-10-15(11-9-14)17(16-7-5-12-22-16)20-13(2)18(21)19-3/h5,7-13,17,20H,4,6H2,1-3H3,(H,19,21)/p+1/t13-,17-/m1/s1. The fourth-order valence-corrected chi connectivity index (χ4v) is 3.46. The van der Waals surface area contributed by atoms with Crippen LogP contribution in [0.25, 0.3) is 0 Å². The molecule has 1 aromatic carbocycles. The van der Waals surface area contributed by atoms with Crippen molar-refractivity contribution in [2.75, 3.05) is 7.05 Å². The lowest BCUT2D eigenvalue weighted by atomic mass is 10.0. The Labute approximate surface area is 136 Å². The summed E-state index contributed by atoms with van der Waals surface area (Å²) in [5, 5.41) is 6.95. The predicted molar refractivity (Wildman–Crippen MR) is 92.1 cm³/mol. The fourth-order valence-electron chi connectivity index (χ4n) is 2.62. The summed E-state index contributed by atoms with van der Waals surface area (Å²) in [4.78, 5) is 13.1. The monoisotopic (exact) mass is 317 g/mol. The van der Waals surface area contributed by atoms with E-state index in [2.05, 4.69) is 59.3 Å². The highest BCUT2D eigenvalue weighted by atomic mass is 32.1. The molecule has 0 saturated carbocycles. The molecule has 0 aliphatic carbocycles. The van der Waals surface area contributed by atoms with Gasteiger partial charge in [0.2, 0.25) is 0 Å². The molecule has 118 valence electrons. The smallest absolute Gasteiger partial charge is 0.277 e. The van der Waals surface area contributed by atoms with E-state index in [1.165, 1.54) is 16.0 Å². The van der Waals surface area contributed by atoms with Gasteiger partial charge >= 0.3 is 0 Å². The van der Waals surface area contributed by atoms with E-state index in [-0.39, 0.29) is 18.0 Å². The number of nitrogens with two attached hydrogens (primary N) is 1. The molecule has 22 heavy (non-hydrogen) atoms. The first-order chi connectivity index (χ1) is 10.7. The van der Waals surface area contributed by atoms with E-state index < -0.39 is 0 Å². The Kier molecular flexibility index (Phi) is 6.16. The predicted octanol–water partition coefficient (Wildman–Crippen LogP) is 2.49. The molecule has 0 aliphatic rings. The summed E-state index contributed by atoms with van der Waals surface area (Å²) in [5.74, 6) is 0.0594. The summed E-state index contributed by atoms with van der Waals surface area (Å²) in [6, 6.07) is 13.1. The van der Waals surface area contributed by atoms with E-state index in [1.54, 1.807) is 18.4 Å². The van der Waals surface area contributed by atoms with Gasteiger partial charge in [0.15, 0.2) is 6.04 Å². The number of carbonyl (C=O) groups is 1. The van der Waals surface area contributed by atoms with Crippen LogP contribution in [-0.2, 0) is 11.2 Å². The maximum atomic E-state index is 11.8. The third kappa shape index (κ3) is 4.18. The number of thiophene rings is 1. The lowest BCUT2D eigenvalue weighted by Gasteiger charge is -2.19. The number of benzene rings is 1. The zero-order chi connectivity index (χ0) is 15.9. The fraction of sp³-hybridized carbons (Fsp3) is 0.389. The van der Waals surface area contributed by atoms with Gasteiger partial charge in [-0.1, -0.05) is 43.7 Å². The van der Waals surface area contributed by atoms with Crippen molar-refractivity contribution in [2.45, 2.75) is 38.8 Å². The highest BCUT2D eigenvalue weighted by Gasteiger charge is 2.24. The number of likely N-dealkylation sites (N-methyl/N-ethyl adjacent to an activating group) is 1. The minimum absolute atomic E-state index is 0.0594. The molecule has 3 nitrogen and oxygen atoms in total. The van der Waals surface area contributed by atoms with Crippen molar-refractivity contribution < 1.29 is 10.1 Å². The van der Waals surface area contributed by atoms with Gasteiger partial charge in [-0.05, 0) is 30.4 Å². The minimum Gasteiger partial charge on any atom is -0.354 e. The van der Waals surface area contributed by atoms with Gasteiger partial charge in [-0.15, -0.1) is 11.3 Å². The SMILES string of the molecule is CCCc1ccc([C@@H]([NH2+][C@H](C)C(=O)NC)c2cccs2)cc1. The topological polar surface area (TPSA) is 45.7 Å². The lowest BCUT2D eigenvalue weighted by molar-refractivity contribution is -0.704. The second-order valence-electron chi connectivity index (χ2n) is 5.58. The van der Waals surface area contributed by atoms with E-state index >= 15 is 0 Å². The van der Waals surface area contributed by atoms with Gasteiger partial charge in [-0.3, -0.25) is 4.79 Å². The third-order valence-electron chi connectivity index (χ3n) is 3.87. The number of rotatable bonds is 7. The van der Waals surface area contributed by atoms with Gasteiger partial charge in [0.25, 0.3) is 5.91 Å². The van der Waals surface area contributed by atoms with Gasteiger partial charge in [0.05, 0.1) is 4.88 Å².